The van der Waals surface area contributed by atoms with E-state index in [0.29, 0.717) is 0 Å². The lowest BCUT2D eigenvalue weighted by molar-refractivity contribution is 0.530. The topological polar surface area (TPSA) is 43.8 Å². The van der Waals surface area contributed by atoms with E-state index in [9.17, 15) is 0 Å². The van der Waals surface area contributed by atoms with E-state index >= 15 is 0 Å². The summed E-state index contributed by atoms with van der Waals surface area (Å²) in [6, 6.07) is 2.04. The fourth-order valence-corrected chi connectivity index (χ4v) is 1.08. The minimum absolute atomic E-state index is 0.149. The third kappa shape index (κ3) is 1.82. The van der Waals surface area contributed by atoms with Crippen LogP contribution in [0.1, 0.15) is 6.92 Å². The quantitative estimate of drug-likeness (QED) is 0.780. The van der Waals surface area contributed by atoms with Crippen LogP contribution in [0, 0.1) is 0 Å². The van der Waals surface area contributed by atoms with Gasteiger partial charge in [-0.2, -0.15) is 5.10 Å². The molecule has 0 amide bonds. The first-order valence-corrected chi connectivity index (χ1v) is 3.92. The minimum Gasteiger partial charge on any atom is -0.326 e. The molecular formula is C6H10BrN3. The van der Waals surface area contributed by atoms with Crippen molar-refractivity contribution in [3.8, 4) is 0 Å². The lowest BCUT2D eigenvalue weighted by atomic mass is 10.4. The maximum Gasteiger partial charge on any atom is 0.104 e. The Kier molecular flexibility index (Phi) is 2.45. The summed E-state index contributed by atoms with van der Waals surface area (Å²) in [6.45, 7) is 2.71. The summed E-state index contributed by atoms with van der Waals surface area (Å²) < 4.78 is 2.80. The molecule has 0 saturated heterocycles. The normalized spacial score (nSPS) is 13.5. The zero-order chi connectivity index (χ0) is 7.56. The molecule has 1 heterocycles. The van der Waals surface area contributed by atoms with E-state index < -0.39 is 0 Å². The van der Waals surface area contributed by atoms with E-state index in [1.54, 1.807) is 6.20 Å². The molecule has 1 aromatic heterocycles. The predicted molar refractivity (Wildman–Crippen MR) is 43.6 cm³/mol. The van der Waals surface area contributed by atoms with Crippen LogP contribution >= 0.6 is 15.9 Å². The third-order valence-corrected chi connectivity index (χ3v) is 1.80. The summed E-state index contributed by atoms with van der Waals surface area (Å²) in [5.74, 6) is 0. The Labute approximate surface area is 68.3 Å². The summed E-state index contributed by atoms with van der Waals surface area (Å²) in [5.41, 5.74) is 5.57. The summed E-state index contributed by atoms with van der Waals surface area (Å²) in [6.07, 6.45) is 1.74. The van der Waals surface area contributed by atoms with Gasteiger partial charge in [0.25, 0.3) is 0 Å². The molecule has 0 saturated carbocycles. The second-order valence-corrected chi connectivity index (χ2v) is 3.13. The van der Waals surface area contributed by atoms with E-state index in [4.69, 9.17) is 5.73 Å². The molecule has 4 heteroatoms. The molecule has 1 aromatic rings. The second kappa shape index (κ2) is 3.16. The second-order valence-electron chi connectivity index (χ2n) is 2.31. The smallest absolute Gasteiger partial charge is 0.104 e. The van der Waals surface area contributed by atoms with Crippen molar-refractivity contribution >= 4 is 15.9 Å². The van der Waals surface area contributed by atoms with Crippen LogP contribution in [0.5, 0.6) is 0 Å². The van der Waals surface area contributed by atoms with Gasteiger partial charge in [0.15, 0.2) is 0 Å². The van der Waals surface area contributed by atoms with E-state index in [0.717, 1.165) is 11.1 Å². The average Bonchev–Trinajstić information content (AvgIpc) is 2.15. The van der Waals surface area contributed by atoms with Crippen molar-refractivity contribution < 1.29 is 0 Å². The van der Waals surface area contributed by atoms with Crippen LogP contribution in [0.25, 0.3) is 0 Å². The van der Waals surface area contributed by atoms with E-state index in [1.807, 2.05) is 17.7 Å². The van der Waals surface area contributed by atoms with Gasteiger partial charge in [-0.25, -0.2) is 0 Å². The molecule has 0 aliphatic heterocycles. The van der Waals surface area contributed by atoms with Gasteiger partial charge in [0.05, 0.1) is 12.7 Å². The Morgan fingerprint density at radius 1 is 1.90 bits per heavy atom. The Bertz CT molecular complexity index is 207. The number of rotatable bonds is 2. The highest BCUT2D eigenvalue weighted by molar-refractivity contribution is 9.10. The molecule has 10 heavy (non-hydrogen) atoms. The van der Waals surface area contributed by atoms with Crippen molar-refractivity contribution in [3.05, 3.63) is 16.9 Å². The number of nitrogens with two attached hydrogens (primary N) is 1. The fraction of sp³-hybridized carbons (Fsp3) is 0.500. The monoisotopic (exact) mass is 203 g/mol. The Morgan fingerprint density at radius 2 is 2.60 bits per heavy atom. The molecule has 0 fully saturated rings. The number of hydrogen-bond acceptors (Lipinski definition) is 2. The SMILES string of the molecule is CC(N)Cn1nccc1Br. The van der Waals surface area contributed by atoms with Crippen LogP contribution in [-0.2, 0) is 6.54 Å². The Balaban J connectivity index is 2.65. The first-order valence-electron chi connectivity index (χ1n) is 3.13. The predicted octanol–water partition coefficient (Wildman–Crippen LogP) is 0.993. The van der Waals surface area contributed by atoms with Crippen LogP contribution < -0.4 is 5.73 Å². The fourth-order valence-electron chi connectivity index (χ4n) is 0.724. The summed E-state index contributed by atoms with van der Waals surface area (Å²) in [7, 11) is 0. The maximum absolute atomic E-state index is 5.57. The number of hydrogen-bond donors (Lipinski definition) is 1. The summed E-state index contributed by atoms with van der Waals surface area (Å²) >= 11 is 3.34. The third-order valence-electron chi connectivity index (χ3n) is 1.13. The Hall–Kier alpha value is -0.350. The highest BCUT2D eigenvalue weighted by Crippen LogP contribution is 2.07. The molecule has 0 aromatic carbocycles. The van der Waals surface area contributed by atoms with Crippen LogP contribution in [0.3, 0.4) is 0 Å². The molecule has 1 atom stereocenters. The van der Waals surface area contributed by atoms with Crippen molar-refractivity contribution in [2.24, 2.45) is 5.73 Å². The van der Waals surface area contributed by atoms with Gasteiger partial charge in [0, 0.05) is 6.04 Å². The lowest BCUT2D eigenvalue weighted by Crippen LogP contribution is -2.22. The van der Waals surface area contributed by atoms with Gasteiger partial charge in [-0.05, 0) is 28.9 Å². The molecule has 0 aliphatic carbocycles. The van der Waals surface area contributed by atoms with Gasteiger partial charge in [-0.3, -0.25) is 4.68 Å². The standard InChI is InChI=1S/C6H10BrN3/c1-5(8)4-10-6(7)2-3-9-10/h2-3,5H,4,8H2,1H3. The van der Waals surface area contributed by atoms with Crippen LogP contribution in [0.4, 0.5) is 0 Å². The van der Waals surface area contributed by atoms with Crippen molar-refractivity contribution in [1.82, 2.24) is 9.78 Å². The first-order chi connectivity index (χ1) is 4.70. The summed E-state index contributed by atoms with van der Waals surface area (Å²) in [4.78, 5) is 0. The molecule has 3 nitrogen and oxygen atoms in total. The molecule has 0 spiro atoms. The number of halogens is 1. The largest absolute Gasteiger partial charge is 0.326 e. The molecular weight excluding hydrogens is 194 g/mol. The van der Waals surface area contributed by atoms with Crippen LogP contribution in [-0.4, -0.2) is 15.8 Å². The molecule has 0 radical (unpaired) electrons. The van der Waals surface area contributed by atoms with Crippen LogP contribution in [0.2, 0.25) is 0 Å². The molecule has 2 N–H and O–H groups in total. The van der Waals surface area contributed by atoms with Crippen molar-refractivity contribution in [3.63, 3.8) is 0 Å². The molecule has 1 rings (SSSR count). The van der Waals surface area contributed by atoms with Crippen LogP contribution in [0.15, 0.2) is 16.9 Å². The van der Waals surface area contributed by atoms with Gasteiger partial charge < -0.3 is 5.73 Å². The van der Waals surface area contributed by atoms with Gasteiger partial charge in [-0.15, -0.1) is 0 Å². The highest BCUT2D eigenvalue weighted by Gasteiger charge is 1.99. The van der Waals surface area contributed by atoms with Gasteiger partial charge in [-0.1, -0.05) is 0 Å². The van der Waals surface area contributed by atoms with Crippen molar-refractivity contribution in [2.75, 3.05) is 0 Å². The number of nitrogens with zero attached hydrogens (tertiary/aromatic N) is 2. The van der Waals surface area contributed by atoms with Gasteiger partial charge >= 0.3 is 0 Å². The lowest BCUT2D eigenvalue weighted by Gasteiger charge is -2.05. The van der Waals surface area contributed by atoms with Gasteiger partial charge in [0.2, 0.25) is 0 Å². The first kappa shape index (κ1) is 7.75. The maximum atomic E-state index is 5.57. The molecule has 56 valence electrons. The zero-order valence-corrected chi connectivity index (χ0v) is 7.37. The highest BCUT2D eigenvalue weighted by atomic mass is 79.9. The van der Waals surface area contributed by atoms with Gasteiger partial charge in [0.1, 0.15) is 4.60 Å². The average molecular weight is 204 g/mol. The summed E-state index contributed by atoms with van der Waals surface area (Å²) in [5, 5.41) is 4.05. The number of aromatic nitrogens is 2. The minimum atomic E-state index is 0.149. The zero-order valence-electron chi connectivity index (χ0n) is 5.79. The molecule has 0 aliphatic rings. The van der Waals surface area contributed by atoms with Crippen molar-refractivity contribution in [2.45, 2.75) is 19.5 Å². The molecule has 0 bridgehead atoms. The van der Waals surface area contributed by atoms with E-state index in [2.05, 4.69) is 21.0 Å². The Morgan fingerprint density at radius 3 is 3.00 bits per heavy atom. The van der Waals surface area contributed by atoms with Crippen molar-refractivity contribution in [1.29, 1.82) is 0 Å². The van der Waals surface area contributed by atoms with E-state index in [1.165, 1.54) is 0 Å². The molecule has 1 unspecified atom stereocenters. The van der Waals surface area contributed by atoms with E-state index in [-0.39, 0.29) is 6.04 Å².